The number of thiazole rings is 1. The van der Waals surface area contributed by atoms with E-state index in [2.05, 4.69) is 15.6 Å². The van der Waals surface area contributed by atoms with Crippen molar-refractivity contribution in [3.8, 4) is 22.8 Å². The number of fused-ring (bicyclic) bond motifs is 2. The number of hydrogen-bond donors (Lipinski definition) is 2. The largest absolute Gasteiger partial charge is 0.456 e. The number of rotatable bonds is 6. The van der Waals surface area contributed by atoms with Crippen LogP contribution >= 0.6 is 11.3 Å². The smallest absolute Gasteiger partial charge is 0.245 e. The van der Waals surface area contributed by atoms with Gasteiger partial charge in [0.15, 0.2) is 16.6 Å². The maximum atomic E-state index is 12.7. The van der Waals surface area contributed by atoms with Gasteiger partial charge in [0.2, 0.25) is 18.6 Å². The third-order valence-corrected chi connectivity index (χ3v) is 5.85. The summed E-state index contributed by atoms with van der Waals surface area (Å²) in [4.78, 5) is 29.1. The Morgan fingerprint density at radius 1 is 1.09 bits per heavy atom. The Balaban J connectivity index is 1.37. The van der Waals surface area contributed by atoms with Gasteiger partial charge in [-0.15, -0.1) is 11.3 Å². The number of nitrogens with zero attached hydrogens (tertiary/aromatic N) is 1. The molecule has 1 aliphatic rings. The molecule has 0 saturated heterocycles. The predicted molar refractivity (Wildman–Crippen MR) is 120 cm³/mol. The van der Waals surface area contributed by atoms with E-state index in [-0.39, 0.29) is 31.6 Å². The van der Waals surface area contributed by atoms with Crippen LogP contribution < -0.4 is 20.1 Å². The van der Waals surface area contributed by atoms with Crippen LogP contribution in [0.15, 0.2) is 52.3 Å². The van der Waals surface area contributed by atoms with Gasteiger partial charge in [-0.3, -0.25) is 9.59 Å². The fourth-order valence-corrected chi connectivity index (χ4v) is 4.22. The number of anilines is 1. The van der Waals surface area contributed by atoms with E-state index in [1.807, 2.05) is 48.7 Å². The van der Waals surface area contributed by atoms with Gasteiger partial charge >= 0.3 is 0 Å². The minimum absolute atomic E-state index is 0.0422. The van der Waals surface area contributed by atoms with Crippen LogP contribution in [-0.4, -0.2) is 30.1 Å². The van der Waals surface area contributed by atoms with Crippen LogP contribution in [0.4, 0.5) is 5.13 Å². The van der Waals surface area contributed by atoms with Crippen LogP contribution in [0.5, 0.6) is 11.5 Å². The summed E-state index contributed by atoms with van der Waals surface area (Å²) in [6.45, 7) is 1.84. The highest BCUT2D eigenvalue weighted by atomic mass is 32.1. The quantitative estimate of drug-likeness (QED) is 0.463. The van der Waals surface area contributed by atoms with Gasteiger partial charge in [-0.05, 0) is 13.0 Å². The Labute approximate surface area is 187 Å². The molecule has 0 fully saturated rings. The summed E-state index contributed by atoms with van der Waals surface area (Å²) < 4.78 is 17.1. The van der Waals surface area contributed by atoms with E-state index < -0.39 is 0 Å². The second-order valence-corrected chi connectivity index (χ2v) is 8.13. The van der Waals surface area contributed by atoms with Crippen LogP contribution in [0.2, 0.25) is 0 Å². The number of aromatic nitrogens is 1. The molecule has 0 aliphatic carbocycles. The van der Waals surface area contributed by atoms with Crippen molar-refractivity contribution >= 4 is 39.3 Å². The summed E-state index contributed by atoms with van der Waals surface area (Å²) >= 11 is 1.34. The first-order valence-corrected chi connectivity index (χ1v) is 10.8. The first-order valence-electron chi connectivity index (χ1n) is 9.96. The first kappa shape index (κ1) is 20.1. The van der Waals surface area contributed by atoms with Crippen molar-refractivity contribution in [2.75, 3.05) is 18.7 Å². The van der Waals surface area contributed by atoms with Gasteiger partial charge in [0.05, 0.1) is 18.7 Å². The molecule has 9 heteroatoms. The molecule has 1 aliphatic heterocycles. The molecule has 2 amide bonds. The molecule has 0 spiro atoms. The Morgan fingerprint density at radius 2 is 1.88 bits per heavy atom. The number of benzene rings is 2. The molecule has 32 heavy (non-hydrogen) atoms. The maximum absolute atomic E-state index is 12.7. The average molecular weight is 449 g/mol. The van der Waals surface area contributed by atoms with Crippen molar-refractivity contribution in [3.63, 3.8) is 0 Å². The van der Waals surface area contributed by atoms with Gasteiger partial charge in [0, 0.05) is 28.0 Å². The highest BCUT2D eigenvalue weighted by molar-refractivity contribution is 7.13. The number of aryl methyl sites for hydroxylation is 1. The maximum Gasteiger partial charge on any atom is 0.245 e. The van der Waals surface area contributed by atoms with E-state index in [9.17, 15) is 9.59 Å². The van der Waals surface area contributed by atoms with E-state index in [1.165, 1.54) is 11.3 Å². The molecular formula is C23H19N3O5S. The Bertz CT molecular complexity index is 1310. The number of ether oxygens (including phenoxy) is 2. The molecule has 0 atom stereocenters. The van der Waals surface area contributed by atoms with Gasteiger partial charge in [0.25, 0.3) is 0 Å². The number of furan rings is 1. The molecular weight excluding hydrogens is 430 g/mol. The molecule has 2 N–H and O–H groups in total. The molecule has 0 radical (unpaired) electrons. The Hall–Kier alpha value is -3.85. The number of carbonyl (C=O) groups excluding carboxylic acids is 2. The zero-order chi connectivity index (χ0) is 22.1. The lowest BCUT2D eigenvalue weighted by atomic mass is 10.0. The third-order valence-electron chi connectivity index (χ3n) is 4.97. The summed E-state index contributed by atoms with van der Waals surface area (Å²) in [6, 6.07) is 13.2. The van der Waals surface area contributed by atoms with E-state index in [4.69, 9.17) is 13.9 Å². The normalized spacial score (nSPS) is 12.2. The number of hydrogen-bond acceptors (Lipinski definition) is 7. The highest BCUT2D eigenvalue weighted by Crippen LogP contribution is 2.41. The van der Waals surface area contributed by atoms with Crippen molar-refractivity contribution in [2.45, 2.75) is 13.3 Å². The summed E-state index contributed by atoms with van der Waals surface area (Å²) in [5, 5.41) is 8.46. The first-order chi connectivity index (χ1) is 15.6. The topological polar surface area (TPSA) is 103 Å². The molecule has 2 aromatic carbocycles. The standard InChI is InChI=1S/C23H19N3O5S/c1-13-11-32-23(25-13)26-21(28)10-24-20(27)8-16-15-7-18-19(30-12-29-18)9-17(15)31-22(16)14-5-3-2-4-6-14/h2-7,9,11H,8,10,12H2,1H3,(H,24,27)(H,25,26,28). The molecule has 8 nitrogen and oxygen atoms in total. The fraction of sp³-hybridized carbons (Fsp3) is 0.174. The zero-order valence-corrected chi connectivity index (χ0v) is 18.0. The van der Waals surface area contributed by atoms with Gasteiger partial charge in [-0.25, -0.2) is 4.98 Å². The average Bonchev–Trinajstić information content (AvgIpc) is 3.50. The number of carbonyl (C=O) groups is 2. The molecule has 0 bridgehead atoms. The summed E-state index contributed by atoms with van der Waals surface area (Å²) in [5.74, 6) is 1.18. The second-order valence-electron chi connectivity index (χ2n) is 7.27. The van der Waals surface area contributed by atoms with Crippen molar-refractivity contribution < 1.29 is 23.5 Å². The SMILES string of the molecule is Cc1csc(NC(=O)CNC(=O)Cc2c(-c3ccccc3)oc3cc4c(cc23)OCO4)n1. The Morgan fingerprint density at radius 3 is 2.62 bits per heavy atom. The van der Waals surface area contributed by atoms with Crippen LogP contribution in [-0.2, 0) is 16.0 Å². The lowest BCUT2D eigenvalue weighted by Crippen LogP contribution is -2.33. The van der Waals surface area contributed by atoms with Gasteiger partial charge in [-0.2, -0.15) is 0 Å². The molecule has 4 aromatic rings. The third kappa shape index (κ3) is 4.02. The van der Waals surface area contributed by atoms with Gasteiger partial charge in [0.1, 0.15) is 11.3 Å². The lowest BCUT2D eigenvalue weighted by Gasteiger charge is -2.06. The van der Waals surface area contributed by atoms with E-state index in [1.54, 1.807) is 6.07 Å². The van der Waals surface area contributed by atoms with Crippen LogP contribution in [0.1, 0.15) is 11.3 Å². The van der Waals surface area contributed by atoms with Crippen LogP contribution in [0.25, 0.3) is 22.3 Å². The van der Waals surface area contributed by atoms with Gasteiger partial charge < -0.3 is 24.5 Å². The summed E-state index contributed by atoms with van der Waals surface area (Å²) in [5.41, 5.74) is 3.01. The van der Waals surface area contributed by atoms with Crippen molar-refractivity contribution in [3.05, 3.63) is 59.1 Å². The molecule has 3 heterocycles. The summed E-state index contributed by atoms with van der Waals surface area (Å²) in [6.07, 6.45) is 0.0422. The molecule has 5 rings (SSSR count). The zero-order valence-electron chi connectivity index (χ0n) is 17.1. The number of nitrogens with one attached hydrogen (secondary N) is 2. The monoisotopic (exact) mass is 449 g/mol. The van der Waals surface area contributed by atoms with Crippen molar-refractivity contribution in [2.24, 2.45) is 0 Å². The fourth-order valence-electron chi connectivity index (χ4n) is 3.51. The van der Waals surface area contributed by atoms with Gasteiger partial charge in [-0.1, -0.05) is 30.3 Å². The van der Waals surface area contributed by atoms with E-state index in [0.29, 0.717) is 28.0 Å². The minimum Gasteiger partial charge on any atom is -0.456 e. The van der Waals surface area contributed by atoms with E-state index in [0.717, 1.165) is 22.2 Å². The molecule has 0 unspecified atom stereocenters. The Kier molecular flexibility index (Phi) is 5.24. The van der Waals surface area contributed by atoms with E-state index >= 15 is 0 Å². The van der Waals surface area contributed by atoms with Crippen molar-refractivity contribution in [1.82, 2.24) is 10.3 Å². The summed E-state index contributed by atoms with van der Waals surface area (Å²) in [7, 11) is 0. The van der Waals surface area contributed by atoms with Crippen LogP contribution in [0.3, 0.4) is 0 Å². The minimum atomic E-state index is -0.337. The second kappa shape index (κ2) is 8.35. The van der Waals surface area contributed by atoms with Crippen LogP contribution in [0, 0.1) is 6.92 Å². The highest BCUT2D eigenvalue weighted by Gasteiger charge is 2.23. The molecule has 2 aromatic heterocycles. The molecule has 162 valence electrons. The molecule has 0 saturated carbocycles. The number of amides is 2. The lowest BCUT2D eigenvalue weighted by molar-refractivity contribution is -0.123. The van der Waals surface area contributed by atoms with Crippen molar-refractivity contribution in [1.29, 1.82) is 0 Å². The predicted octanol–water partition coefficient (Wildman–Crippen LogP) is 3.89.